The maximum Gasteiger partial charge on any atom is 0.391 e. The van der Waals surface area contributed by atoms with Gasteiger partial charge in [0.05, 0.1) is 19.6 Å². The van der Waals surface area contributed by atoms with Crippen LogP contribution >= 0.6 is 11.3 Å². The molecule has 1 aromatic carbocycles. The van der Waals surface area contributed by atoms with Crippen molar-refractivity contribution in [2.45, 2.75) is 25.7 Å². The predicted molar refractivity (Wildman–Crippen MR) is 70.0 cm³/mol. The predicted octanol–water partition coefficient (Wildman–Crippen LogP) is 3.97. The Hall–Kier alpha value is -1.18. The Morgan fingerprint density at radius 1 is 1.25 bits per heavy atom. The monoisotopic (exact) mass is 307 g/mol. The van der Waals surface area contributed by atoms with Crippen LogP contribution < -0.4 is 5.73 Å². The lowest BCUT2D eigenvalue weighted by Crippen LogP contribution is -2.11. The van der Waals surface area contributed by atoms with Crippen LogP contribution in [0.3, 0.4) is 0 Å². The zero-order chi connectivity index (χ0) is 14.8. The molecule has 0 amide bonds. The smallest absolute Gasteiger partial charge is 0.376 e. The second kappa shape index (κ2) is 6.07. The van der Waals surface area contributed by atoms with E-state index in [-0.39, 0.29) is 13.2 Å². The standard InChI is InChI=1S/C13H13F4NOS/c14-9-2-1-3-10-12(9)8(11(6-18)20-10)7-19-5-4-13(15,16)17/h1-3H,4-7,18H2. The molecule has 0 spiro atoms. The number of halogens is 4. The summed E-state index contributed by atoms with van der Waals surface area (Å²) < 4.78 is 55.6. The van der Waals surface area contributed by atoms with E-state index in [2.05, 4.69) is 0 Å². The van der Waals surface area contributed by atoms with Crippen molar-refractivity contribution < 1.29 is 22.3 Å². The van der Waals surface area contributed by atoms with Gasteiger partial charge in [0, 0.05) is 27.1 Å². The molecule has 0 fully saturated rings. The van der Waals surface area contributed by atoms with Gasteiger partial charge in [-0.3, -0.25) is 0 Å². The van der Waals surface area contributed by atoms with Gasteiger partial charge in [0.15, 0.2) is 0 Å². The van der Waals surface area contributed by atoms with Crippen LogP contribution in [0.1, 0.15) is 16.9 Å². The van der Waals surface area contributed by atoms with E-state index in [1.54, 1.807) is 12.1 Å². The minimum Gasteiger partial charge on any atom is -0.376 e. The molecule has 7 heteroatoms. The Bertz CT molecular complexity index is 594. The molecule has 1 heterocycles. The Balaban J connectivity index is 2.16. The topological polar surface area (TPSA) is 35.2 Å². The molecule has 0 unspecified atom stereocenters. The fourth-order valence-electron chi connectivity index (χ4n) is 1.90. The van der Waals surface area contributed by atoms with Gasteiger partial charge in [0.1, 0.15) is 5.82 Å². The number of thiophene rings is 1. The van der Waals surface area contributed by atoms with Crippen molar-refractivity contribution in [1.82, 2.24) is 0 Å². The highest BCUT2D eigenvalue weighted by Crippen LogP contribution is 2.33. The lowest BCUT2D eigenvalue weighted by Gasteiger charge is -2.08. The number of nitrogens with two attached hydrogens (primary N) is 1. The zero-order valence-electron chi connectivity index (χ0n) is 10.5. The molecule has 0 bridgehead atoms. The van der Waals surface area contributed by atoms with Crippen molar-refractivity contribution >= 4 is 21.4 Å². The number of ether oxygens (including phenoxy) is 1. The SMILES string of the molecule is NCc1sc2cccc(F)c2c1COCCC(F)(F)F. The fourth-order valence-corrected chi connectivity index (χ4v) is 3.00. The molecule has 0 aliphatic carbocycles. The molecule has 0 radical (unpaired) electrons. The lowest BCUT2D eigenvalue weighted by atomic mass is 10.1. The highest BCUT2D eigenvalue weighted by Gasteiger charge is 2.26. The summed E-state index contributed by atoms with van der Waals surface area (Å²) >= 11 is 1.33. The fraction of sp³-hybridized carbons (Fsp3) is 0.385. The van der Waals surface area contributed by atoms with Crippen LogP contribution in [0.4, 0.5) is 17.6 Å². The molecule has 110 valence electrons. The maximum atomic E-state index is 13.8. The van der Waals surface area contributed by atoms with E-state index in [1.165, 1.54) is 17.4 Å². The van der Waals surface area contributed by atoms with Crippen LogP contribution in [-0.2, 0) is 17.9 Å². The van der Waals surface area contributed by atoms with E-state index in [4.69, 9.17) is 10.5 Å². The highest BCUT2D eigenvalue weighted by atomic mass is 32.1. The summed E-state index contributed by atoms with van der Waals surface area (Å²) in [6.45, 7) is -0.306. The maximum absolute atomic E-state index is 13.8. The van der Waals surface area contributed by atoms with E-state index >= 15 is 0 Å². The second-order valence-electron chi connectivity index (χ2n) is 4.24. The van der Waals surface area contributed by atoms with Gasteiger partial charge >= 0.3 is 6.18 Å². The summed E-state index contributed by atoms with van der Waals surface area (Å²) in [7, 11) is 0. The Labute approximate surface area is 117 Å². The third kappa shape index (κ3) is 3.47. The van der Waals surface area contributed by atoms with Crippen LogP contribution in [0.5, 0.6) is 0 Å². The molecular formula is C13H13F4NOS. The highest BCUT2D eigenvalue weighted by molar-refractivity contribution is 7.19. The molecule has 0 saturated carbocycles. The molecule has 2 aromatic rings. The normalized spacial score (nSPS) is 12.2. The quantitative estimate of drug-likeness (QED) is 0.670. The first kappa shape index (κ1) is 15.2. The first-order valence-electron chi connectivity index (χ1n) is 5.95. The van der Waals surface area contributed by atoms with Crippen LogP contribution in [0.15, 0.2) is 18.2 Å². The summed E-state index contributed by atoms with van der Waals surface area (Å²) in [6.07, 6.45) is -5.27. The second-order valence-corrected chi connectivity index (χ2v) is 5.38. The molecule has 1 aromatic heterocycles. The zero-order valence-corrected chi connectivity index (χ0v) is 11.3. The van der Waals surface area contributed by atoms with Crippen molar-refractivity contribution in [2.75, 3.05) is 6.61 Å². The number of hydrogen-bond acceptors (Lipinski definition) is 3. The summed E-state index contributed by atoms with van der Waals surface area (Å²) in [5, 5.41) is 0.393. The number of rotatable bonds is 5. The minimum atomic E-state index is -4.25. The average Bonchev–Trinajstić information content (AvgIpc) is 2.73. The molecule has 0 aliphatic heterocycles. The van der Waals surface area contributed by atoms with Crippen molar-refractivity contribution in [1.29, 1.82) is 0 Å². The van der Waals surface area contributed by atoms with E-state index < -0.39 is 25.0 Å². The Morgan fingerprint density at radius 3 is 2.65 bits per heavy atom. The molecule has 2 N–H and O–H groups in total. The van der Waals surface area contributed by atoms with Crippen molar-refractivity contribution in [3.05, 3.63) is 34.5 Å². The van der Waals surface area contributed by atoms with E-state index in [0.29, 0.717) is 10.9 Å². The first-order chi connectivity index (χ1) is 9.42. The molecule has 0 atom stereocenters. The number of fused-ring (bicyclic) bond motifs is 1. The van der Waals surface area contributed by atoms with E-state index in [9.17, 15) is 17.6 Å². The van der Waals surface area contributed by atoms with E-state index in [0.717, 1.165) is 9.58 Å². The van der Waals surface area contributed by atoms with Gasteiger partial charge in [-0.25, -0.2) is 4.39 Å². The van der Waals surface area contributed by atoms with Crippen LogP contribution in [-0.4, -0.2) is 12.8 Å². The summed E-state index contributed by atoms with van der Waals surface area (Å²) in [6, 6.07) is 4.65. The van der Waals surface area contributed by atoms with Crippen molar-refractivity contribution in [3.8, 4) is 0 Å². The molecule has 2 nitrogen and oxygen atoms in total. The largest absolute Gasteiger partial charge is 0.391 e. The summed E-state index contributed by atoms with van der Waals surface area (Å²) in [4.78, 5) is 0.733. The van der Waals surface area contributed by atoms with Gasteiger partial charge in [-0.2, -0.15) is 13.2 Å². The molecule has 20 heavy (non-hydrogen) atoms. The minimum absolute atomic E-state index is 0.0659. The van der Waals surface area contributed by atoms with Gasteiger partial charge in [-0.1, -0.05) is 6.07 Å². The first-order valence-corrected chi connectivity index (χ1v) is 6.77. The summed E-state index contributed by atoms with van der Waals surface area (Å²) in [5.41, 5.74) is 6.14. The van der Waals surface area contributed by atoms with Gasteiger partial charge in [-0.15, -0.1) is 11.3 Å². The van der Waals surface area contributed by atoms with Crippen molar-refractivity contribution in [3.63, 3.8) is 0 Å². The number of hydrogen-bond donors (Lipinski definition) is 1. The molecule has 2 rings (SSSR count). The van der Waals surface area contributed by atoms with Crippen LogP contribution in [0.2, 0.25) is 0 Å². The van der Waals surface area contributed by atoms with E-state index in [1.807, 2.05) is 0 Å². The lowest BCUT2D eigenvalue weighted by molar-refractivity contribution is -0.146. The Morgan fingerprint density at radius 2 is 2.00 bits per heavy atom. The van der Waals surface area contributed by atoms with Crippen LogP contribution in [0.25, 0.3) is 10.1 Å². The third-order valence-electron chi connectivity index (χ3n) is 2.81. The summed E-state index contributed by atoms with van der Waals surface area (Å²) in [5.74, 6) is -0.409. The average molecular weight is 307 g/mol. The van der Waals surface area contributed by atoms with Crippen molar-refractivity contribution in [2.24, 2.45) is 5.73 Å². The Kier molecular flexibility index (Phi) is 4.62. The van der Waals surface area contributed by atoms with Crippen LogP contribution in [0, 0.1) is 5.82 Å². The number of alkyl halides is 3. The molecular weight excluding hydrogens is 294 g/mol. The van der Waals surface area contributed by atoms with Gasteiger partial charge in [0.2, 0.25) is 0 Å². The van der Waals surface area contributed by atoms with Gasteiger partial charge in [0.25, 0.3) is 0 Å². The molecule has 0 saturated heterocycles. The van der Waals surface area contributed by atoms with Gasteiger partial charge < -0.3 is 10.5 Å². The third-order valence-corrected chi connectivity index (χ3v) is 4.03. The van der Waals surface area contributed by atoms with Gasteiger partial charge in [-0.05, 0) is 12.1 Å². The number of benzene rings is 1. The molecule has 0 aliphatic rings.